The average molecular weight is 363 g/mol. The van der Waals surface area contributed by atoms with E-state index in [1.54, 1.807) is 0 Å². The van der Waals surface area contributed by atoms with Crippen LogP contribution in [0.5, 0.6) is 0 Å². The Balaban J connectivity index is 1.28. The summed E-state index contributed by atoms with van der Waals surface area (Å²) in [7, 11) is 0. The van der Waals surface area contributed by atoms with Crippen molar-refractivity contribution in [1.29, 1.82) is 0 Å². The number of amides is 1. The molecule has 1 aliphatic carbocycles. The summed E-state index contributed by atoms with van der Waals surface area (Å²) in [6.45, 7) is 5.10. The first-order valence-electron chi connectivity index (χ1n) is 10.4. The van der Waals surface area contributed by atoms with Gasteiger partial charge in [0, 0.05) is 12.5 Å². The maximum Gasteiger partial charge on any atom is 0.223 e. The molecule has 1 heterocycles. The lowest BCUT2D eigenvalue weighted by Gasteiger charge is -2.32. The van der Waals surface area contributed by atoms with Gasteiger partial charge in [0.15, 0.2) is 0 Å². The lowest BCUT2D eigenvalue weighted by atomic mass is 9.94. The molecule has 2 aromatic rings. The van der Waals surface area contributed by atoms with Crippen LogP contribution in [-0.4, -0.2) is 23.9 Å². The Morgan fingerprint density at radius 2 is 1.81 bits per heavy atom. The molecule has 1 atom stereocenters. The molecule has 1 amide bonds. The summed E-state index contributed by atoms with van der Waals surface area (Å²) >= 11 is 0. The second-order valence-corrected chi connectivity index (χ2v) is 8.15. The number of benzene rings is 2. The number of aryl methyl sites for hydroxylation is 2. The van der Waals surface area contributed by atoms with Gasteiger partial charge < -0.3 is 5.32 Å². The van der Waals surface area contributed by atoms with Gasteiger partial charge in [-0.1, -0.05) is 48.5 Å². The Labute approximate surface area is 162 Å². The zero-order valence-corrected chi connectivity index (χ0v) is 16.3. The van der Waals surface area contributed by atoms with Gasteiger partial charge in [0.2, 0.25) is 5.91 Å². The molecule has 0 spiro atoms. The van der Waals surface area contributed by atoms with Crippen LogP contribution in [0.2, 0.25) is 0 Å². The summed E-state index contributed by atoms with van der Waals surface area (Å²) in [4.78, 5) is 15.2. The third kappa shape index (κ3) is 4.41. The molecule has 0 bridgehead atoms. The fourth-order valence-electron chi connectivity index (χ4n) is 4.47. The van der Waals surface area contributed by atoms with Gasteiger partial charge in [0.05, 0.1) is 6.04 Å². The lowest BCUT2D eigenvalue weighted by Crippen LogP contribution is -2.40. The molecule has 142 valence electrons. The molecule has 1 aliphatic heterocycles. The first-order valence-corrected chi connectivity index (χ1v) is 10.4. The van der Waals surface area contributed by atoms with Crippen molar-refractivity contribution in [3.05, 3.63) is 70.8 Å². The Morgan fingerprint density at radius 3 is 2.59 bits per heavy atom. The topological polar surface area (TPSA) is 32.3 Å². The van der Waals surface area contributed by atoms with Crippen molar-refractivity contribution < 1.29 is 4.79 Å². The molecule has 1 saturated heterocycles. The molecule has 1 N–H and O–H groups in total. The number of nitrogens with one attached hydrogen (secondary N) is 1. The van der Waals surface area contributed by atoms with Crippen LogP contribution in [0.3, 0.4) is 0 Å². The fraction of sp³-hybridized carbons (Fsp3) is 0.458. The maximum absolute atomic E-state index is 12.8. The molecule has 0 aromatic heterocycles. The second kappa shape index (κ2) is 8.26. The van der Waals surface area contributed by atoms with E-state index in [1.165, 1.54) is 41.5 Å². The van der Waals surface area contributed by atoms with Crippen molar-refractivity contribution in [2.45, 2.75) is 51.6 Å². The van der Waals surface area contributed by atoms with E-state index in [2.05, 4.69) is 65.7 Å². The molecular formula is C24H30N2O. The minimum Gasteiger partial charge on any atom is -0.349 e. The van der Waals surface area contributed by atoms with Gasteiger partial charge in [-0.2, -0.15) is 0 Å². The molecule has 0 radical (unpaired) electrons. The van der Waals surface area contributed by atoms with Crippen molar-refractivity contribution in [1.82, 2.24) is 10.2 Å². The van der Waals surface area contributed by atoms with Crippen molar-refractivity contribution in [2.24, 2.45) is 5.92 Å². The predicted octanol–water partition coefficient (Wildman–Crippen LogP) is 4.26. The van der Waals surface area contributed by atoms with E-state index in [4.69, 9.17) is 0 Å². The Hall–Kier alpha value is -2.13. The molecule has 4 rings (SSSR count). The number of carbonyl (C=O) groups excluding carboxylic acids is 1. The van der Waals surface area contributed by atoms with Crippen LogP contribution < -0.4 is 5.32 Å². The molecule has 3 nitrogen and oxygen atoms in total. The Bertz CT molecular complexity index is 778. The maximum atomic E-state index is 12.8. The Kier molecular flexibility index (Phi) is 5.58. The highest BCUT2D eigenvalue weighted by Gasteiger charge is 2.26. The fourth-order valence-corrected chi connectivity index (χ4v) is 4.47. The van der Waals surface area contributed by atoms with Crippen molar-refractivity contribution >= 4 is 5.91 Å². The number of nitrogens with zero attached hydrogens (tertiary/aromatic N) is 1. The smallest absolute Gasteiger partial charge is 0.223 e. The van der Waals surface area contributed by atoms with E-state index in [0.717, 1.165) is 32.5 Å². The van der Waals surface area contributed by atoms with Gasteiger partial charge in [-0.05, 0) is 74.4 Å². The number of piperidine rings is 1. The SMILES string of the molecule is CC(NC(=O)C1CCN(Cc2ccccc2)CC1)c1ccc2c(c1)CCC2. The van der Waals surface area contributed by atoms with E-state index in [0.29, 0.717) is 0 Å². The minimum atomic E-state index is 0.0887. The summed E-state index contributed by atoms with van der Waals surface area (Å²) < 4.78 is 0. The van der Waals surface area contributed by atoms with E-state index in [9.17, 15) is 4.79 Å². The molecule has 3 heteroatoms. The largest absolute Gasteiger partial charge is 0.349 e. The van der Waals surface area contributed by atoms with Gasteiger partial charge in [-0.3, -0.25) is 9.69 Å². The number of hydrogen-bond acceptors (Lipinski definition) is 2. The molecule has 0 saturated carbocycles. The summed E-state index contributed by atoms with van der Waals surface area (Å²) in [5.41, 5.74) is 5.56. The van der Waals surface area contributed by atoms with Crippen LogP contribution in [0.15, 0.2) is 48.5 Å². The quantitative estimate of drug-likeness (QED) is 0.862. The third-order valence-electron chi connectivity index (χ3n) is 6.19. The van der Waals surface area contributed by atoms with Gasteiger partial charge in [-0.15, -0.1) is 0 Å². The molecular weight excluding hydrogens is 332 g/mol. The van der Waals surface area contributed by atoms with Crippen LogP contribution in [0.4, 0.5) is 0 Å². The average Bonchev–Trinajstić information content (AvgIpc) is 3.17. The molecule has 2 aliphatic rings. The first-order chi connectivity index (χ1) is 13.2. The first kappa shape index (κ1) is 18.2. The van der Waals surface area contributed by atoms with Gasteiger partial charge >= 0.3 is 0 Å². The van der Waals surface area contributed by atoms with Crippen LogP contribution in [0, 0.1) is 5.92 Å². The monoisotopic (exact) mass is 362 g/mol. The molecule has 2 aromatic carbocycles. The minimum absolute atomic E-state index is 0.0887. The van der Waals surface area contributed by atoms with Gasteiger partial charge in [0.25, 0.3) is 0 Å². The highest BCUT2D eigenvalue weighted by atomic mass is 16.1. The second-order valence-electron chi connectivity index (χ2n) is 8.15. The number of carbonyl (C=O) groups is 1. The summed E-state index contributed by atoms with van der Waals surface area (Å²) in [5, 5.41) is 3.26. The molecule has 1 unspecified atom stereocenters. The normalized spacial score (nSPS) is 18.9. The molecule has 1 fully saturated rings. The predicted molar refractivity (Wildman–Crippen MR) is 109 cm³/mol. The van der Waals surface area contributed by atoms with Crippen molar-refractivity contribution in [3.8, 4) is 0 Å². The lowest BCUT2D eigenvalue weighted by molar-refractivity contribution is -0.127. The van der Waals surface area contributed by atoms with Gasteiger partial charge in [0.1, 0.15) is 0 Å². The number of hydrogen-bond donors (Lipinski definition) is 1. The summed E-state index contributed by atoms with van der Waals surface area (Å²) in [5.74, 6) is 0.372. The van der Waals surface area contributed by atoms with Crippen molar-refractivity contribution in [2.75, 3.05) is 13.1 Å². The number of fused-ring (bicyclic) bond motifs is 1. The highest BCUT2D eigenvalue weighted by Crippen LogP contribution is 2.26. The number of rotatable bonds is 5. The van der Waals surface area contributed by atoms with E-state index < -0.39 is 0 Å². The van der Waals surface area contributed by atoms with E-state index >= 15 is 0 Å². The van der Waals surface area contributed by atoms with Crippen LogP contribution in [0.1, 0.15) is 54.5 Å². The van der Waals surface area contributed by atoms with E-state index in [-0.39, 0.29) is 17.9 Å². The summed E-state index contributed by atoms with van der Waals surface area (Å²) in [6.07, 6.45) is 5.56. The zero-order valence-electron chi connectivity index (χ0n) is 16.3. The molecule has 27 heavy (non-hydrogen) atoms. The zero-order chi connectivity index (χ0) is 18.6. The Morgan fingerprint density at radius 1 is 1.07 bits per heavy atom. The highest BCUT2D eigenvalue weighted by molar-refractivity contribution is 5.79. The van der Waals surface area contributed by atoms with Gasteiger partial charge in [-0.25, -0.2) is 0 Å². The van der Waals surface area contributed by atoms with Crippen LogP contribution >= 0.6 is 0 Å². The van der Waals surface area contributed by atoms with Crippen LogP contribution in [-0.2, 0) is 24.2 Å². The third-order valence-corrected chi connectivity index (χ3v) is 6.19. The standard InChI is InChI=1S/C24H30N2O/c1-18(22-11-10-20-8-5-9-23(20)16-22)25-24(27)21-12-14-26(15-13-21)17-19-6-3-2-4-7-19/h2-4,6-7,10-11,16,18,21H,5,8-9,12-15,17H2,1H3,(H,25,27). The van der Waals surface area contributed by atoms with Crippen molar-refractivity contribution in [3.63, 3.8) is 0 Å². The van der Waals surface area contributed by atoms with E-state index in [1.807, 2.05) is 0 Å². The number of likely N-dealkylation sites (tertiary alicyclic amines) is 1. The summed E-state index contributed by atoms with van der Waals surface area (Å²) in [6, 6.07) is 17.4. The van der Waals surface area contributed by atoms with Crippen LogP contribution in [0.25, 0.3) is 0 Å².